The molecule has 2 aliphatic rings. The van der Waals surface area contributed by atoms with Crippen LogP contribution in [-0.2, 0) is 6.54 Å². The number of aryl methyl sites for hydroxylation is 1. The summed E-state index contributed by atoms with van der Waals surface area (Å²) in [4.78, 5) is 27.2. The summed E-state index contributed by atoms with van der Waals surface area (Å²) in [5.41, 5.74) is 5.26. The fourth-order valence-electron chi connectivity index (χ4n) is 4.60. The number of rotatable bonds is 7. The van der Waals surface area contributed by atoms with Crippen LogP contribution in [0.5, 0.6) is 0 Å². The molecule has 2 saturated heterocycles. The van der Waals surface area contributed by atoms with Crippen LogP contribution in [0, 0.1) is 12.8 Å². The molecule has 0 aromatic heterocycles. The number of aliphatic imine (C=N–C) groups is 1. The Morgan fingerprint density at radius 1 is 1.00 bits per heavy atom. The molecule has 190 valence electrons. The van der Waals surface area contributed by atoms with E-state index in [0.29, 0.717) is 19.0 Å². The number of allylic oxidation sites excluding steroid dienone is 4. The number of hydrogen-bond donors (Lipinski definition) is 0. The highest BCUT2D eigenvalue weighted by Crippen LogP contribution is 2.19. The Labute approximate surface area is 212 Å². The molecule has 35 heavy (non-hydrogen) atoms. The van der Waals surface area contributed by atoms with Gasteiger partial charge >= 0.3 is 0 Å². The molecule has 2 fully saturated rings. The zero-order valence-corrected chi connectivity index (χ0v) is 22.4. The topological polar surface area (TPSA) is 42.4 Å². The number of carbonyl (C=O) groups is 1. The van der Waals surface area contributed by atoms with Crippen LogP contribution in [0.4, 0.5) is 0 Å². The van der Waals surface area contributed by atoms with Gasteiger partial charge in [0.1, 0.15) is 5.84 Å². The molecule has 0 spiro atoms. The van der Waals surface area contributed by atoms with Gasteiger partial charge in [-0.05, 0) is 50.0 Å². The van der Waals surface area contributed by atoms with Gasteiger partial charge in [0, 0.05) is 75.9 Å². The Balaban J connectivity index is 1.58. The predicted molar refractivity (Wildman–Crippen MR) is 147 cm³/mol. The van der Waals surface area contributed by atoms with Gasteiger partial charge in [-0.15, -0.1) is 0 Å². The van der Waals surface area contributed by atoms with E-state index in [9.17, 15) is 4.79 Å². The maximum atomic E-state index is 13.4. The lowest BCUT2D eigenvalue weighted by Crippen LogP contribution is -2.50. The van der Waals surface area contributed by atoms with Crippen LogP contribution in [0.15, 0.2) is 59.9 Å². The molecule has 3 rings (SSSR count). The van der Waals surface area contributed by atoms with E-state index in [-0.39, 0.29) is 5.91 Å². The van der Waals surface area contributed by atoms with E-state index in [4.69, 9.17) is 0 Å². The number of amides is 1. The molecule has 6 nitrogen and oxygen atoms in total. The second kappa shape index (κ2) is 12.2. The van der Waals surface area contributed by atoms with Crippen molar-refractivity contribution in [2.75, 3.05) is 52.4 Å². The minimum absolute atomic E-state index is 0.139. The Morgan fingerprint density at radius 2 is 1.60 bits per heavy atom. The molecule has 0 N–H and O–H groups in total. The first kappa shape index (κ1) is 26.7. The van der Waals surface area contributed by atoms with Crippen LogP contribution in [0.3, 0.4) is 0 Å². The van der Waals surface area contributed by atoms with Gasteiger partial charge in [-0.1, -0.05) is 45.2 Å². The maximum Gasteiger partial charge on any atom is 0.254 e. The van der Waals surface area contributed by atoms with E-state index in [0.717, 1.165) is 68.5 Å². The van der Waals surface area contributed by atoms with Gasteiger partial charge in [-0.2, -0.15) is 0 Å². The molecular weight excluding hydrogens is 434 g/mol. The summed E-state index contributed by atoms with van der Waals surface area (Å²) in [7, 11) is 0. The minimum Gasteiger partial charge on any atom is -0.372 e. The quantitative estimate of drug-likeness (QED) is 0.328. The summed E-state index contributed by atoms with van der Waals surface area (Å²) in [6, 6.07) is 6.37. The summed E-state index contributed by atoms with van der Waals surface area (Å²) in [5.74, 6) is 1.47. The van der Waals surface area contributed by atoms with Crippen LogP contribution >= 0.6 is 0 Å². The molecule has 2 aliphatic heterocycles. The molecule has 0 bridgehead atoms. The van der Waals surface area contributed by atoms with E-state index in [2.05, 4.69) is 77.9 Å². The molecule has 1 aromatic carbocycles. The average Bonchev–Trinajstić information content (AvgIpc) is 2.85. The van der Waals surface area contributed by atoms with Crippen LogP contribution in [0.2, 0.25) is 0 Å². The Kier molecular flexibility index (Phi) is 9.33. The van der Waals surface area contributed by atoms with Crippen molar-refractivity contribution in [1.82, 2.24) is 19.6 Å². The van der Waals surface area contributed by atoms with E-state index in [1.807, 2.05) is 24.8 Å². The van der Waals surface area contributed by atoms with Gasteiger partial charge in [0.05, 0.1) is 0 Å². The fraction of sp³-hybridized carbons (Fsp3) is 0.517. The van der Waals surface area contributed by atoms with Crippen LogP contribution in [0.25, 0.3) is 0 Å². The van der Waals surface area contributed by atoms with Crippen molar-refractivity contribution in [1.29, 1.82) is 0 Å². The van der Waals surface area contributed by atoms with Crippen molar-refractivity contribution in [3.63, 3.8) is 0 Å². The number of hydrogen-bond acceptors (Lipinski definition) is 4. The standard InChI is InChI=1S/C29H43N5O/c1-8-9-24(5)32-14-12-31(13-15-32)21-27-11-10-23(4)28(20-27)29(35)34-18-16-33(17-19-34)26(7)30-25(6)22(2)3/h8-11,20,22H,1,6,12-19,21H2,2-5,7H3/b24-9+,30-26?. The molecule has 0 unspecified atom stereocenters. The number of piperazine rings is 2. The molecule has 1 aromatic rings. The number of benzene rings is 1. The first-order valence-corrected chi connectivity index (χ1v) is 12.8. The van der Waals surface area contributed by atoms with Gasteiger partial charge in [0.25, 0.3) is 5.91 Å². The first-order chi connectivity index (χ1) is 16.7. The van der Waals surface area contributed by atoms with Crippen LogP contribution < -0.4 is 0 Å². The second-order valence-corrected chi connectivity index (χ2v) is 10.0. The smallest absolute Gasteiger partial charge is 0.254 e. The highest BCUT2D eigenvalue weighted by Gasteiger charge is 2.24. The highest BCUT2D eigenvalue weighted by atomic mass is 16.2. The first-order valence-electron chi connectivity index (χ1n) is 12.8. The van der Waals surface area contributed by atoms with Crippen molar-refractivity contribution in [2.45, 2.75) is 41.2 Å². The van der Waals surface area contributed by atoms with E-state index < -0.39 is 0 Å². The molecule has 2 heterocycles. The maximum absolute atomic E-state index is 13.4. The molecule has 0 saturated carbocycles. The van der Waals surface area contributed by atoms with Crippen molar-refractivity contribution < 1.29 is 4.79 Å². The Morgan fingerprint density at radius 3 is 2.20 bits per heavy atom. The third-order valence-corrected chi connectivity index (χ3v) is 7.17. The number of amidine groups is 1. The van der Waals surface area contributed by atoms with Crippen molar-refractivity contribution >= 4 is 11.7 Å². The third kappa shape index (κ3) is 7.07. The zero-order valence-electron chi connectivity index (χ0n) is 22.4. The van der Waals surface area contributed by atoms with E-state index in [1.165, 1.54) is 11.3 Å². The molecule has 6 heteroatoms. The average molecular weight is 478 g/mol. The summed E-state index contributed by atoms with van der Waals surface area (Å²) >= 11 is 0. The van der Waals surface area contributed by atoms with E-state index >= 15 is 0 Å². The van der Waals surface area contributed by atoms with Gasteiger partial charge < -0.3 is 14.7 Å². The van der Waals surface area contributed by atoms with Gasteiger partial charge in [0.15, 0.2) is 0 Å². The summed E-state index contributed by atoms with van der Waals surface area (Å²) in [6.07, 6.45) is 3.93. The Bertz CT molecular complexity index is 977. The number of nitrogens with zero attached hydrogens (tertiary/aromatic N) is 5. The fourth-order valence-corrected chi connectivity index (χ4v) is 4.60. The third-order valence-electron chi connectivity index (χ3n) is 7.17. The molecule has 0 atom stereocenters. The van der Waals surface area contributed by atoms with E-state index in [1.54, 1.807) is 0 Å². The molecule has 0 aliphatic carbocycles. The van der Waals surface area contributed by atoms with Crippen molar-refractivity contribution in [3.8, 4) is 0 Å². The largest absolute Gasteiger partial charge is 0.372 e. The lowest BCUT2D eigenvalue weighted by Gasteiger charge is -2.37. The lowest BCUT2D eigenvalue weighted by atomic mass is 10.0. The minimum atomic E-state index is 0.139. The molecule has 0 radical (unpaired) electrons. The summed E-state index contributed by atoms with van der Waals surface area (Å²) in [5, 5.41) is 0. The SMILES string of the molecule is C=C/C=C(\C)N1CCN(Cc2ccc(C)c(C(=O)N3CCN(C(C)=NC(=C)C(C)C)CC3)c2)CC1. The number of carbonyl (C=O) groups excluding carboxylic acids is 1. The zero-order chi connectivity index (χ0) is 25.5. The highest BCUT2D eigenvalue weighted by molar-refractivity contribution is 5.96. The molecule has 1 amide bonds. The van der Waals surface area contributed by atoms with Crippen molar-refractivity contribution in [3.05, 3.63) is 71.6 Å². The monoisotopic (exact) mass is 477 g/mol. The van der Waals surface area contributed by atoms with Gasteiger partial charge in [-0.25, -0.2) is 4.99 Å². The summed E-state index contributed by atoms with van der Waals surface area (Å²) in [6.45, 7) is 26.3. The normalized spacial score (nSPS) is 18.3. The van der Waals surface area contributed by atoms with Gasteiger partial charge in [-0.3, -0.25) is 9.69 Å². The molecular formula is C29H43N5O. The van der Waals surface area contributed by atoms with Crippen LogP contribution in [-0.4, -0.2) is 83.7 Å². The second-order valence-electron chi connectivity index (χ2n) is 10.0. The van der Waals surface area contributed by atoms with Crippen molar-refractivity contribution in [2.24, 2.45) is 10.9 Å². The lowest BCUT2D eigenvalue weighted by molar-refractivity contribution is 0.0690. The van der Waals surface area contributed by atoms with Gasteiger partial charge in [0.2, 0.25) is 0 Å². The predicted octanol–water partition coefficient (Wildman–Crippen LogP) is 4.55. The Hall–Kier alpha value is -2.86. The van der Waals surface area contributed by atoms with Crippen LogP contribution in [0.1, 0.15) is 49.2 Å². The summed E-state index contributed by atoms with van der Waals surface area (Å²) < 4.78 is 0.